The van der Waals surface area contributed by atoms with Crippen molar-refractivity contribution in [1.29, 1.82) is 0 Å². The zero-order valence-corrected chi connectivity index (χ0v) is 12.9. The highest BCUT2D eigenvalue weighted by atomic mass is 32.2. The molecule has 2 aromatic rings. The van der Waals surface area contributed by atoms with Crippen LogP contribution in [0, 0.1) is 6.92 Å². The van der Waals surface area contributed by atoms with E-state index in [0.29, 0.717) is 6.54 Å². The first kappa shape index (κ1) is 15.3. The summed E-state index contributed by atoms with van der Waals surface area (Å²) >= 11 is 1.39. The largest absolute Gasteiger partial charge is 0.325 e. The van der Waals surface area contributed by atoms with Crippen LogP contribution in [0.3, 0.4) is 0 Å². The second-order valence-electron chi connectivity index (χ2n) is 4.54. The van der Waals surface area contributed by atoms with Crippen molar-refractivity contribution in [3.05, 3.63) is 48.8 Å². The molecule has 1 amide bonds. The number of allylic oxidation sites excluding steroid dienone is 1. The lowest BCUT2D eigenvalue weighted by Crippen LogP contribution is -2.22. The third-order valence-electron chi connectivity index (χ3n) is 2.91. The van der Waals surface area contributed by atoms with Gasteiger partial charge in [-0.1, -0.05) is 36.0 Å². The van der Waals surface area contributed by atoms with Crippen molar-refractivity contribution in [3.63, 3.8) is 0 Å². The molecule has 0 spiro atoms. The number of amides is 1. The van der Waals surface area contributed by atoms with Crippen molar-refractivity contribution >= 4 is 23.4 Å². The van der Waals surface area contributed by atoms with Crippen molar-refractivity contribution in [3.8, 4) is 0 Å². The normalized spacial score (nSPS) is 11.9. The molecule has 1 atom stereocenters. The first-order chi connectivity index (χ1) is 10.1. The van der Waals surface area contributed by atoms with E-state index in [9.17, 15) is 4.79 Å². The molecule has 0 unspecified atom stereocenters. The van der Waals surface area contributed by atoms with Crippen LogP contribution in [0.4, 0.5) is 5.69 Å². The van der Waals surface area contributed by atoms with Gasteiger partial charge in [-0.15, -0.1) is 16.8 Å². The van der Waals surface area contributed by atoms with E-state index < -0.39 is 0 Å². The average molecular weight is 302 g/mol. The molecule has 1 aromatic carbocycles. The number of rotatable bonds is 6. The van der Waals surface area contributed by atoms with Crippen LogP contribution in [0.2, 0.25) is 0 Å². The standard InChI is InChI=1S/C15H18N4OS/c1-4-10-19-12(3)17-18-15(19)21-11(2)14(20)16-13-8-6-5-7-9-13/h4-9,11H,1,10H2,2-3H3,(H,16,20)/t11-/m1/s1. The van der Waals surface area contributed by atoms with Gasteiger partial charge in [0.2, 0.25) is 5.91 Å². The van der Waals surface area contributed by atoms with Gasteiger partial charge in [0.25, 0.3) is 0 Å². The molecule has 0 saturated heterocycles. The van der Waals surface area contributed by atoms with E-state index in [1.807, 2.05) is 48.7 Å². The molecule has 0 aliphatic carbocycles. The van der Waals surface area contributed by atoms with Crippen molar-refractivity contribution in [1.82, 2.24) is 14.8 Å². The van der Waals surface area contributed by atoms with Gasteiger partial charge in [-0.2, -0.15) is 0 Å². The van der Waals surface area contributed by atoms with E-state index in [4.69, 9.17) is 0 Å². The van der Waals surface area contributed by atoms with E-state index in [1.165, 1.54) is 11.8 Å². The summed E-state index contributed by atoms with van der Waals surface area (Å²) in [6.07, 6.45) is 1.79. The molecular formula is C15H18N4OS. The minimum Gasteiger partial charge on any atom is -0.325 e. The quantitative estimate of drug-likeness (QED) is 0.658. The van der Waals surface area contributed by atoms with Gasteiger partial charge >= 0.3 is 0 Å². The molecule has 21 heavy (non-hydrogen) atoms. The monoisotopic (exact) mass is 302 g/mol. The Kier molecular flexibility index (Phi) is 5.16. The van der Waals surface area contributed by atoms with Crippen molar-refractivity contribution in [2.75, 3.05) is 5.32 Å². The predicted octanol–water partition coefficient (Wildman–Crippen LogP) is 2.89. The highest BCUT2D eigenvalue weighted by Crippen LogP contribution is 2.23. The summed E-state index contributed by atoms with van der Waals surface area (Å²) in [5.74, 6) is 0.755. The second kappa shape index (κ2) is 7.08. The van der Waals surface area contributed by atoms with E-state index in [0.717, 1.165) is 16.7 Å². The van der Waals surface area contributed by atoms with Gasteiger partial charge in [-0.05, 0) is 26.0 Å². The van der Waals surface area contributed by atoms with Crippen molar-refractivity contribution in [2.24, 2.45) is 0 Å². The Morgan fingerprint density at radius 2 is 2.14 bits per heavy atom. The summed E-state index contributed by atoms with van der Waals surface area (Å²) in [4.78, 5) is 12.2. The van der Waals surface area contributed by atoms with Crippen LogP contribution >= 0.6 is 11.8 Å². The highest BCUT2D eigenvalue weighted by Gasteiger charge is 2.18. The summed E-state index contributed by atoms with van der Waals surface area (Å²) < 4.78 is 1.93. The lowest BCUT2D eigenvalue weighted by atomic mass is 10.3. The summed E-state index contributed by atoms with van der Waals surface area (Å²) in [7, 11) is 0. The smallest absolute Gasteiger partial charge is 0.237 e. The third-order valence-corrected chi connectivity index (χ3v) is 3.99. The van der Waals surface area contributed by atoms with Crippen LogP contribution in [0.1, 0.15) is 12.7 Å². The Balaban J connectivity index is 2.02. The van der Waals surface area contributed by atoms with Gasteiger partial charge in [0.15, 0.2) is 5.16 Å². The molecule has 0 fully saturated rings. The molecule has 0 saturated carbocycles. The minimum absolute atomic E-state index is 0.0583. The molecule has 0 bridgehead atoms. The van der Waals surface area contributed by atoms with E-state index in [2.05, 4.69) is 22.1 Å². The Morgan fingerprint density at radius 1 is 1.43 bits per heavy atom. The predicted molar refractivity (Wildman–Crippen MR) is 85.3 cm³/mol. The van der Waals surface area contributed by atoms with Crippen LogP contribution in [-0.2, 0) is 11.3 Å². The molecule has 2 rings (SSSR count). The van der Waals surface area contributed by atoms with E-state index in [1.54, 1.807) is 6.08 Å². The maximum atomic E-state index is 12.2. The SMILES string of the molecule is C=CCn1c(C)nnc1S[C@H](C)C(=O)Nc1ccccc1. The Morgan fingerprint density at radius 3 is 2.81 bits per heavy atom. The number of hydrogen-bond donors (Lipinski definition) is 1. The topological polar surface area (TPSA) is 59.8 Å². The van der Waals surface area contributed by atoms with Gasteiger partial charge in [0.1, 0.15) is 5.82 Å². The molecule has 5 nitrogen and oxygen atoms in total. The molecule has 0 aliphatic rings. The highest BCUT2D eigenvalue weighted by molar-refractivity contribution is 8.00. The lowest BCUT2D eigenvalue weighted by Gasteiger charge is -2.12. The number of aromatic nitrogens is 3. The van der Waals surface area contributed by atoms with Crippen LogP contribution in [0.25, 0.3) is 0 Å². The van der Waals surface area contributed by atoms with Gasteiger partial charge < -0.3 is 9.88 Å². The number of nitrogens with one attached hydrogen (secondary N) is 1. The zero-order chi connectivity index (χ0) is 15.2. The molecule has 0 radical (unpaired) electrons. The molecule has 1 heterocycles. The summed E-state index contributed by atoms with van der Waals surface area (Å²) in [5, 5.41) is 11.5. The number of thioether (sulfide) groups is 1. The number of aryl methyl sites for hydroxylation is 1. The van der Waals surface area contributed by atoms with Crippen LogP contribution in [-0.4, -0.2) is 25.9 Å². The number of anilines is 1. The number of carbonyl (C=O) groups is 1. The average Bonchev–Trinajstić information content (AvgIpc) is 2.82. The molecular weight excluding hydrogens is 284 g/mol. The molecule has 1 N–H and O–H groups in total. The molecule has 110 valence electrons. The van der Waals surface area contributed by atoms with Crippen molar-refractivity contribution in [2.45, 2.75) is 30.8 Å². The number of nitrogens with zero attached hydrogens (tertiary/aromatic N) is 3. The summed E-state index contributed by atoms with van der Waals surface area (Å²) in [6.45, 7) is 8.09. The first-order valence-corrected chi connectivity index (χ1v) is 7.53. The Bertz CT molecular complexity index is 624. The number of hydrogen-bond acceptors (Lipinski definition) is 4. The van der Waals surface area contributed by atoms with Crippen LogP contribution in [0.5, 0.6) is 0 Å². The number of para-hydroxylation sites is 1. The van der Waals surface area contributed by atoms with Crippen LogP contribution in [0.15, 0.2) is 48.1 Å². The minimum atomic E-state index is -0.266. The fourth-order valence-corrected chi connectivity index (χ4v) is 2.67. The molecule has 6 heteroatoms. The molecule has 0 aliphatic heterocycles. The number of benzene rings is 1. The Labute approximate surface area is 128 Å². The fraction of sp³-hybridized carbons (Fsp3) is 0.267. The van der Waals surface area contributed by atoms with Gasteiger partial charge in [0.05, 0.1) is 5.25 Å². The van der Waals surface area contributed by atoms with E-state index in [-0.39, 0.29) is 11.2 Å². The third kappa shape index (κ3) is 3.95. The van der Waals surface area contributed by atoms with Gasteiger partial charge in [-0.3, -0.25) is 4.79 Å². The maximum absolute atomic E-state index is 12.2. The molecule has 1 aromatic heterocycles. The van der Waals surface area contributed by atoms with Crippen LogP contribution < -0.4 is 5.32 Å². The zero-order valence-electron chi connectivity index (χ0n) is 12.1. The van der Waals surface area contributed by atoms with Gasteiger partial charge in [0, 0.05) is 12.2 Å². The summed E-state index contributed by atoms with van der Waals surface area (Å²) in [6, 6.07) is 9.41. The first-order valence-electron chi connectivity index (χ1n) is 6.65. The van der Waals surface area contributed by atoms with Crippen molar-refractivity contribution < 1.29 is 4.79 Å². The maximum Gasteiger partial charge on any atom is 0.237 e. The number of carbonyl (C=O) groups excluding carboxylic acids is 1. The lowest BCUT2D eigenvalue weighted by molar-refractivity contribution is -0.115. The second-order valence-corrected chi connectivity index (χ2v) is 5.85. The Hall–Kier alpha value is -2.08. The fourth-order valence-electron chi connectivity index (χ4n) is 1.77. The van der Waals surface area contributed by atoms with E-state index >= 15 is 0 Å². The summed E-state index contributed by atoms with van der Waals surface area (Å²) in [5.41, 5.74) is 0.790. The van der Waals surface area contributed by atoms with Gasteiger partial charge in [-0.25, -0.2) is 0 Å².